The number of nitrogens with one attached hydrogen (secondary N) is 1. The second-order valence-corrected chi connectivity index (χ2v) is 6.12. The summed E-state index contributed by atoms with van der Waals surface area (Å²) in [7, 11) is 0. The van der Waals surface area contributed by atoms with Crippen LogP contribution in [0.25, 0.3) is 0 Å². The van der Waals surface area contributed by atoms with Crippen molar-refractivity contribution in [2.24, 2.45) is 5.41 Å². The number of hydrogen-bond acceptors (Lipinski definition) is 2. The Morgan fingerprint density at radius 3 is 2.55 bits per heavy atom. The molecule has 1 unspecified atom stereocenters. The maximum absolute atomic E-state index is 12.7. The Morgan fingerprint density at radius 2 is 2.05 bits per heavy atom. The van der Waals surface area contributed by atoms with Crippen LogP contribution < -0.4 is 5.32 Å². The number of alkyl halides is 3. The van der Waals surface area contributed by atoms with Crippen molar-refractivity contribution in [2.75, 3.05) is 5.32 Å². The predicted octanol–water partition coefficient (Wildman–Crippen LogP) is 4.57. The average Bonchev–Trinajstić information content (AvgIpc) is 2.67. The second kappa shape index (κ2) is 5.01. The van der Waals surface area contributed by atoms with E-state index in [4.69, 9.17) is 5.26 Å². The number of hydrogen-bond donors (Lipinski definition) is 1. The summed E-state index contributed by atoms with van der Waals surface area (Å²) >= 11 is 0. The third-order valence-corrected chi connectivity index (χ3v) is 3.78. The van der Waals surface area contributed by atoms with E-state index in [1.807, 2.05) is 0 Å². The first-order valence-electron chi connectivity index (χ1n) is 6.59. The third kappa shape index (κ3) is 3.24. The molecule has 1 N–H and O–H groups in total. The van der Waals surface area contributed by atoms with Gasteiger partial charge in [-0.1, -0.05) is 13.8 Å². The molecule has 0 spiro atoms. The first kappa shape index (κ1) is 14.7. The van der Waals surface area contributed by atoms with Crippen LogP contribution in [0.15, 0.2) is 18.2 Å². The van der Waals surface area contributed by atoms with E-state index in [0.29, 0.717) is 5.69 Å². The smallest absolute Gasteiger partial charge is 0.382 e. The van der Waals surface area contributed by atoms with Crippen LogP contribution >= 0.6 is 0 Å². The van der Waals surface area contributed by atoms with E-state index >= 15 is 0 Å². The molecule has 2 rings (SSSR count). The largest absolute Gasteiger partial charge is 0.417 e. The fourth-order valence-electron chi connectivity index (χ4n) is 2.77. The maximum atomic E-state index is 12.7. The average molecular weight is 282 g/mol. The van der Waals surface area contributed by atoms with E-state index in [0.717, 1.165) is 25.3 Å². The summed E-state index contributed by atoms with van der Waals surface area (Å²) in [6.07, 6.45) is -1.42. The van der Waals surface area contributed by atoms with Gasteiger partial charge in [0.15, 0.2) is 0 Å². The zero-order valence-corrected chi connectivity index (χ0v) is 11.5. The minimum Gasteiger partial charge on any atom is -0.382 e. The monoisotopic (exact) mass is 282 g/mol. The van der Waals surface area contributed by atoms with E-state index in [1.54, 1.807) is 6.07 Å². The molecule has 2 nitrogen and oxygen atoms in total. The van der Waals surface area contributed by atoms with Crippen LogP contribution in [0.4, 0.5) is 18.9 Å². The normalized spacial score (nSPS) is 21.5. The van der Waals surface area contributed by atoms with Crippen molar-refractivity contribution < 1.29 is 13.2 Å². The predicted molar refractivity (Wildman–Crippen MR) is 71.2 cm³/mol. The summed E-state index contributed by atoms with van der Waals surface area (Å²) in [5, 5.41) is 12.1. The molecular weight excluding hydrogens is 265 g/mol. The number of benzene rings is 1. The zero-order chi connectivity index (χ0) is 15.0. The third-order valence-electron chi connectivity index (χ3n) is 3.78. The molecule has 0 amide bonds. The summed E-state index contributed by atoms with van der Waals surface area (Å²) in [6, 6.07) is 5.54. The molecule has 1 aliphatic carbocycles. The summed E-state index contributed by atoms with van der Waals surface area (Å²) in [6.45, 7) is 4.37. The van der Waals surface area contributed by atoms with Gasteiger partial charge in [-0.3, -0.25) is 0 Å². The molecule has 0 aromatic heterocycles. The molecule has 1 saturated carbocycles. The minimum absolute atomic E-state index is 0.258. The highest BCUT2D eigenvalue weighted by molar-refractivity contribution is 5.54. The van der Waals surface area contributed by atoms with Crippen LogP contribution in [0.5, 0.6) is 0 Å². The van der Waals surface area contributed by atoms with Gasteiger partial charge in [0.25, 0.3) is 0 Å². The Hall–Kier alpha value is -1.70. The molecule has 0 saturated heterocycles. The number of anilines is 1. The van der Waals surface area contributed by atoms with Gasteiger partial charge in [-0.2, -0.15) is 18.4 Å². The van der Waals surface area contributed by atoms with Crippen LogP contribution in [0, 0.1) is 16.7 Å². The van der Waals surface area contributed by atoms with Crippen molar-refractivity contribution in [3.63, 3.8) is 0 Å². The Labute approximate surface area is 116 Å². The quantitative estimate of drug-likeness (QED) is 0.862. The van der Waals surface area contributed by atoms with Crippen LogP contribution in [-0.2, 0) is 6.18 Å². The highest BCUT2D eigenvalue weighted by Crippen LogP contribution is 2.39. The van der Waals surface area contributed by atoms with Crippen molar-refractivity contribution in [2.45, 2.75) is 45.3 Å². The van der Waals surface area contributed by atoms with Crippen molar-refractivity contribution in [1.82, 2.24) is 0 Å². The first-order chi connectivity index (χ1) is 9.21. The minimum atomic E-state index is -4.49. The van der Waals surface area contributed by atoms with Crippen molar-refractivity contribution >= 4 is 5.69 Å². The van der Waals surface area contributed by atoms with Crippen LogP contribution in [0.3, 0.4) is 0 Å². The highest BCUT2D eigenvalue weighted by Gasteiger charge is 2.34. The number of rotatable bonds is 2. The summed E-state index contributed by atoms with van der Waals surface area (Å²) in [5.41, 5.74) is -0.365. The Morgan fingerprint density at radius 1 is 1.35 bits per heavy atom. The molecule has 0 aliphatic heterocycles. The molecule has 0 radical (unpaired) electrons. The summed E-state index contributed by atoms with van der Waals surface area (Å²) < 4.78 is 38.1. The fourth-order valence-corrected chi connectivity index (χ4v) is 2.77. The van der Waals surface area contributed by atoms with Crippen molar-refractivity contribution in [1.29, 1.82) is 5.26 Å². The molecular formula is C15H17F3N2. The standard InChI is InChI=1S/C15H17F3N2/c1-14(2)6-5-12(8-14)20-11-3-4-13(15(16,17)18)10(7-11)9-19/h3-4,7,12,20H,5-6,8H2,1-2H3. The van der Waals surface area contributed by atoms with Crippen molar-refractivity contribution in [3.05, 3.63) is 29.3 Å². The molecule has 1 atom stereocenters. The molecule has 0 heterocycles. The van der Waals surface area contributed by atoms with Crippen LogP contribution in [0.1, 0.15) is 44.2 Å². The van der Waals surface area contributed by atoms with Gasteiger partial charge in [0, 0.05) is 11.7 Å². The molecule has 108 valence electrons. The topological polar surface area (TPSA) is 35.8 Å². The van der Waals surface area contributed by atoms with Gasteiger partial charge in [0.2, 0.25) is 0 Å². The van der Waals surface area contributed by atoms with Gasteiger partial charge < -0.3 is 5.32 Å². The zero-order valence-electron chi connectivity index (χ0n) is 11.5. The van der Waals surface area contributed by atoms with Crippen LogP contribution in [0.2, 0.25) is 0 Å². The lowest BCUT2D eigenvalue weighted by Gasteiger charge is -2.19. The second-order valence-electron chi connectivity index (χ2n) is 6.12. The molecule has 0 bridgehead atoms. The molecule has 1 aromatic carbocycles. The van der Waals surface area contributed by atoms with Crippen LogP contribution in [-0.4, -0.2) is 6.04 Å². The van der Waals surface area contributed by atoms with Gasteiger partial charge in [0.1, 0.15) is 0 Å². The first-order valence-corrected chi connectivity index (χ1v) is 6.59. The SMILES string of the molecule is CC1(C)CCC(Nc2ccc(C(F)(F)F)c(C#N)c2)C1. The van der Waals surface area contributed by atoms with E-state index in [1.165, 1.54) is 12.1 Å². The Balaban J connectivity index is 2.17. The van der Waals surface area contributed by atoms with E-state index in [-0.39, 0.29) is 17.0 Å². The molecule has 20 heavy (non-hydrogen) atoms. The van der Waals surface area contributed by atoms with Gasteiger partial charge in [-0.25, -0.2) is 0 Å². The number of nitrogens with zero attached hydrogens (tertiary/aromatic N) is 1. The lowest BCUT2D eigenvalue weighted by molar-refractivity contribution is -0.137. The summed E-state index contributed by atoms with van der Waals surface area (Å²) in [5.74, 6) is 0. The summed E-state index contributed by atoms with van der Waals surface area (Å²) in [4.78, 5) is 0. The van der Waals surface area contributed by atoms with E-state index in [2.05, 4.69) is 19.2 Å². The molecule has 1 fully saturated rings. The number of halogens is 3. The molecule has 1 aromatic rings. The van der Waals surface area contributed by atoms with Gasteiger partial charge >= 0.3 is 6.18 Å². The van der Waals surface area contributed by atoms with Gasteiger partial charge in [-0.05, 0) is 42.9 Å². The van der Waals surface area contributed by atoms with E-state index in [9.17, 15) is 13.2 Å². The van der Waals surface area contributed by atoms with Gasteiger partial charge in [0.05, 0.1) is 17.2 Å². The maximum Gasteiger partial charge on any atom is 0.417 e. The highest BCUT2D eigenvalue weighted by atomic mass is 19.4. The molecule has 1 aliphatic rings. The van der Waals surface area contributed by atoms with E-state index < -0.39 is 11.7 Å². The Kier molecular flexibility index (Phi) is 3.68. The lowest BCUT2D eigenvalue weighted by Crippen LogP contribution is -2.18. The van der Waals surface area contributed by atoms with Crippen molar-refractivity contribution in [3.8, 4) is 6.07 Å². The fraction of sp³-hybridized carbons (Fsp3) is 0.533. The number of nitriles is 1. The van der Waals surface area contributed by atoms with Gasteiger partial charge in [-0.15, -0.1) is 0 Å². The lowest BCUT2D eigenvalue weighted by atomic mass is 9.92. The Bertz CT molecular complexity index is 541. The molecule has 5 heteroatoms.